The van der Waals surface area contributed by atoms with Gasteiger partial charge < -0.3 is 9.79 Å². The zero-order chi connectivity index (χ0) is 13.8. The molecule has 1 aromatic rings. The average Bonchev–Trinajstić information content (AvgIpc) is 2.29. The van der Waals surface area contributed by atoms with Crippen molar-refractivity contribution in [2.45, 2.75) is 35.7 Å². The maximum absolute atomic E-state index is 9.60. The summed E-state index contributed by atoms with van der Waals surface area (Å²) in [5.41, 5.74) is -3.15. The molecule has 0 aliphatic heterocycles. The lowest BCUT2D eigenvalue weighted by molar-refractivity contribution is 0.502. The molecule has 102 valence electrons. The van der Waals surface area contributed by atoms with Gasteiger partial charge in [-0.1, -0.05) is 37.2 Å². The summed E-state index contributed by atoms with van der Waals surface area (Å²) in [6.07, 6.45) is 1.65. The molecular weight excluding hydrogens is 327 g/mol. The fourth-order valence-electron chi connectivity index (χ4n) is 1.48. The molecule has 0 saturated carbocycles. The lowest BCUT2D eigenvalue weighted by Crippen LogP contribution is -2.21. The standard InChI is InChI=1S/C11H17ClO2PS3/c1-3-11(4-2,18-15(13,14)16)17-10-7-5-9(12)6-8-10/h5-8,13-14,16H,3-4H2,1-2H3/q+1. The molecule has 1 aromatic carbocycles. The molecule has 0 bridgehead atoms. The van der Waals surface area contributed by atoms with Gasteiger partial charge in [0.1, 0.15) is 0 Å². The Labute approximate surface area is 126 Å². The number of halogens is 1. The Hall–Kier alpha value is 0.780. The van der Waals surface area contributed by atoms with E-state index in [1.54, 1.807) is 11.8 Å². The Balaban J connectivity index is 3.03. The highest BCUT2D eigenvalue weighted by Gasteiger charge is 2.42. The van der Waals surface area contributed by atoms with Crippen LogP contribution in [0.2, 0.25) is 5.02 Å². The summed E-state index contributed by atoms with van der Waals surface area (Å²) in [6.45, 7) is 4.09. The van der Waals surface area contributed by atoms with E-state index in [0.29, 0.717) is 5.02 Å². The average molecular weight is 344 g/mol. The predicted octanol–water partition coefficient (Wildman–Crippen LogP) is 4.62. The van der Waals surface area contributed by atoms with Crippen LogP contribution in [0.1, 0.15) is 26.7 Å². The molecule has 0 aliphatic carbocycles. The summed E-state index contributed by atoms with van der Waals surface area (Å²) in [5.74, 6) is 0. The molecule has 0 atom stereocenters. The van der Waals surface area contributed by atoms with Crippen molar-refractivity contribution in [3.63, 3.8) is 0 Å². The SMILES string of the molecule is CCC(CC)(Sc1ccc(Cl)cc1)[S+]=P(O)(O)S. The van der Waals surface area contributed by atoms with Crippen molar-refractivity contribution in [2.24, 2.45) is 0 Å². The molecule has 0 saturated heterocycles. The van der Waals surface area contributed by atoms with Gasteiger partial charge in [-0.15, -0.1) is 0 Å². The van der Waals surface area contributed by atoms with Gasteiger partial charge in [-0.25, -0.2) is 0 Å². The highest BCUT2D eigenvalue weighted by molar-refractivity contribution is 8.63. The van der Waals surface area contributed by atoms with Gasteiger partial charge in [0.15, 0.2) is 0 Å². The summed E-state index contributed by atoms with van der Waals surface area (Å²) in [4.78, 5) is 20.3. The van der Waals surface area contributed by atoms with Crippen LogP contribution in [0, 0.1) is 0 Å². The molecule has 2 nitrogen and oxygen atoms in total. The van der Waals surface area contributed by atoms with Crippen molar-refractivity contribution in [2.75, 3.05) is 0 Å². The number of thioether (sulfide) groups is 1. The van der Waals surface area contributed by atoms with E-state index >= 15 is 0 Å². The van der Waals surface area contributed by atoms with Gasteiger partial charge in [-0.2, -0.15) is 0 Å². The Morgan fingerprint density at radius 1 is 1.28 bits per heavy atom. The first-order valence-corrected chi connectivity index (χ1v) is 11.0. The molecule has 0 unspecified atom stereocenters. The number of rotatable bonds is 5. The highest BCUT2D eigenvalue weighted by atomic mass is 35.5. The Bertz CT molecular complexity index is 432. The first-order chi connectivity index (χ1) is 8.30. The third kappa shape index (κ3) is 5.41. The van der Waals surface area contributed by atoms with Crippen molar-refractivity contribution < 1.29 is 9.79 Å². The summed E-state index contributed by atoms with van der Waals surface area (Å²) in [7, 11) is 1.16. The van der Waals surface area contributed by atoms with Crippen molar-refractivity contribution in [1.82, 2.24) is 0 Å². The molecule has 0 heterocycles. The van der Waals surface area contributed by atoms with Gasteiger partial charge in [0, 0.05) is 22.8 Å². The minimum atomic E-state index is -3.15. The summed E-state index contributed by atoms with van der Waals surface area (Å²) in [5, 5.41) is 0.700. The van der Waals surface area contributed by atoms with Gasteiger partial charge in [0.25, 0.3) is 0 Å². The number of benzene rings is 1. The first kappa shape index (κ1) is 16.8. The predicted molar refractivity (Wildman–Crippen MR) is 88.3 cm³/mol. The first-order valence-electron chi connectivity index (χ1n) is 5.53. The Morgan fingerprint density at radius 3 is 2.17 bits per heavy atom. The maximum Gasteiger partial charge on any atom is 0.428 e. The van der Waals surface area contributed by atoms with E-state index in [2.05, 4.69) is 12.2 Å². The van der Waals surface area contributed by atoms with Crippen molar-refractivity contribution in [3.8, 4) is 0 Å². The molecule has 0 aromatic heterocycles. The zero-order valence-electron chi connectivity index (χ0n) is 10.2. The van der Waals surface area contributed by atoms with Gasteiger partial charge in [0.2, 0.25) is 15.0 Å². The largest absolute Gasteiger partial charge is 0.428 e. The third-order valence-corrected chi connectivity index (χ3v) is 8.74. The molecule has 0 fully saturated rings. The minimum Gasteiger partial charge on any atom is -0.304 e. The van der Waals surface area contributed by atoms with E-state index in [9.17, 15) is 9.79 Å². The zero-order valence-corrected chi connectivity index (χ0v) is 14.4. The second kappa shape index (κ2) is 6.98. The van der Waals surface area contributed by atoms with Crippen LogP contribution in [0.4, 0.5) is 0 Å². The highest BCUT2D eigenvalue weighted by Crippen LogP contribution is 2.51. The van der Waals surface area contributed by atoms with E-state index in [4.69, 9.17) is 11.6 Å². The normalized spacial score (nSPS) is 12.6. The molecule has 18 heavy (non-hydrogen) atoms. The maximum atomic E-state index is 9.60. The second-order valence-corrected chi connectivity index (χ2v) is 12.5. The number of hydrogen-bond acceptors (Lipinski definition) is 1. The van der Waals surface area contributed by atoms with Gasteiger partial charge in [0.05, 0.1) is 0 Å². The van der Waals surface area contributed by atoms with Crippen LogP contribution in [-0.4, -0.2) is 13.9 Å². The van der Waals surface area contributed by atoms with Crippen LogP contribution in [-0.2, 0) is 10.9 Å². The van der Waals surface area contributed by atoms with E-state index in [1.807, 2.05) is 38.1 Å². The van der Waals surface area contributed by atoms with Crippen molar-refractivity contribution in [1.29, 1.82) is 0 Å². The molecule has 0 amide bonds. The number of thiol groups is 1. The van der Waals surface area contributed by atoms with Crippen LogP contribution in [0.15, 0.2) is 29.2 Å². The second-order valence-electron chi connectivity index (χ2n) is 3.78. The van der Waals surface area contributed by atoms with Crippen LogP contribution >= 0.6 is 41.3 Å². The minimum absolute atomic E-state index is 0.271. The quantitative estimate of drug-likeness (QED) is 0.240. The fraction of sp³-hybridized carbons (Fsp3) is 0.455. The molecule has 2 N–H and O–H groups in total. The fourth-order valence-corrected chi connectivity index (χ4v) is 9.03. The van der Waals surface area contributed by atoms with Gasteiger partial charge in [-0.05, 0) is 36.5 Å². The van der Waals surface area contributed by atoms with Crippen LogP contribution in [0.25, 0.3) is 0 Å². The summed E-state index contributed by atoms with van der Waals surface area (Å²) >= 11 is 11.4. The van der Waals surface area contributed by atoms with Crippen molar-refractivity contribution >= 4 is 52.2 Å². The lowest BCUT2D eigenvalue weighted by atomic mass is 10.2. The summed E-state index contributed by atoms with van der Waals surface area (Å²) < 4.78 is -0.271. The van der Waals surface area contributed by atoms with Crippen LogP contribution < -0.4 is 0 Å². The van der Waals surface area contributed by atoms with Crippen LogP contribution in [0.5, 0.6) is 0 Å². The third-order valence-electron chi connectivity index (χ3n) is 2.48. The van der Waals surface area contributed by atoms with Crippen molar-refractivity contribution in [3.05, 3.63) is 29.3 Å². The molecular formula is C11H17ClO2PS3+. The summed E-state index contributed by atoms with van der Waals surface area (Å²) in [6, 6.07) is 7.57. The van der Waals surface area contributed by atoms with E-state index in [-0.39, 0.29) is 4.08 Å². The Morgan fingerprint density at radius 2 is 1.78 bits per heavy atom. The Kier molecular flexibility index (Phi) is 6.53. The van der Waals surface area contributed by atoms with E-state index < -0.39 is 5.69 Å². The van der Waals surface area contributed by atoms with Gasteiger partial charge in [-0.3, -0.25) is 0 Å². The molecule has 0 radical (unpaired) electrons. The lowest BCUT2D eigenvalue weighted by Gasteiger charge is -2.17. The monoisotopic (exact) mass is 343 g/mol. The number of hydrogen-bond donors (Lipinski definition) is 3. The molecule has 1 rings (SSSR count). The molecule has 0 aliphatic rings. The smallest absolute Gasteiger partial charge is 0.304 e. The topological polar surface area (TPSA) is 40.5 Å². The molecule has 7 heteroatoms. The molecule has 0 spiro atoms. The van der Waals surface area contributed by atoms with Gasteiger partial charge >= 0.3 is 5.69 Å². The van der Waals surface area contributed by atoms with Crippen LogP contribution in [0.3, 0.4) is 0 Å². The van der Waals surface area contributed by atoms with E-state index in [0.717, 1.165) is 28.7 Å². The van der Waals surface area contributed by atoms with E-state index in [1.165, 1.54) is 0 Å².